The van der Waals surface area contributed by atoms with Gasteiger partial charge in [0.05, 0.1) is 21.8 Å². The Balaban J connectivity index is 1.74. The van der Waals surface area contributed by atoms with E-state index in [1.54, 1.807) is 31.2 Å². The van der Waals surface area contributed by atoms with Gasteiger partial charge in [0.15, 0.2) is 5.78 Å². The molecule has 0 fully saturated rings. The molecule has 166 valence electrons. The highest BCUT2D eigenvalue weighted by molar-refractivity contribution is 6.46. The maximum atomic E-state index is 14.4. The van der Waals surface area contributed by atoms with Crippen molar-refractivity contribution in [3.63, 3.8) is 0 Å². The van der Waals surface area contributed by atoms with Crippen LogP contribution in [-0.4, -0.2) is 23.4 Å². The van der Waals surface area contributed by atoms with Gasteiger partial charge in [0.2, 0.25) is 5.78 Å². The minimum atomic E-state index is -1.79. The van der Waals surface area contributed by atoms with Gasteiger partial charge in [0.1, 0.15) is 17.8 Å². The lowest BCUT2D eigenvalue weighted by atomic mass is 9.84. The van der Waals surface area contributed by atoms with Crippen LogP contribution >= 0.6 is 11.6 Å². The lowest BCUT2D eigenvalue weighted by molar-refractivity contribution is -0.138. The molecule has 1 heterocycles. The molecule has 1 aliphatic rings. The van der Waals surface area contributed by atoms with Gasteiger partial charge in [-0.05, 0) is 36.8 Å². The first-order valence-electron chi connectivity index (χ1n) is 9.98. The van der Waals surface area contributed by atoms with Crippen LogP contribution in [-0.2, 0) is 14.3 Å². The lowest BCUT2D eigenvalue weighted by Crippen LogP contribution is -2.38. The van der Waals surface area contributed by atoms with Gasteiger partial charge in [-0.1, -0.05) is 54.1 Å². The Labute approximate surface area is 193 Å². The number of carbonyl (C=O) groups excluding carboxylic acids is 4. The van der Waals surface area contributed by atoms with E-state index in [4.69, 9.17) is 16.3 Å². The smallest absolute Gasteiger partial charge is 0.339 e. The molecule has 6 nitrogen and oxygen atoms in total. The quantitative estimate of drug-likeness (QED) is 0.246. The molecule has 1 amide bonds. The minimum Gasteiger partial charge on any atom is -0.453 e. The second-order valence-electron chi connectivity index (χ2n) is 7.49. The van der Waals surface area contributed by atoms with Crippen molar-refractivity contribution in [3.05, 3.63) is 99.8 Å². The van der Waals surface area contributed by atoms with Crippen LogP contribution < -0.4 is 5.32 Å². The molecule has 3 aromatic rings. The van der Waals surface area contributed by atoms with Crippen LogP contribution in [0.15, 0.2) is 66.7 Å². The molecule has 4 rings (SSSR count). The van der Waals surface area contributed by atoms with Crippen molar-refractivity contribution in [2.75, 3.05) is 5.32 Å². The summed E-state index contributed by atoms with van der Waals surface area (Å²) in [6.07, 6.45) is -1.38. The lowest BCUT2D eigenvalue weighted by Gasteiger charge is -2.21. The second-order valence-corrected chi connectivity index (χ2v) is 7.87. The summed E-state index contributed by atoms with van der Waals surface area (Å²) in [7, 11) is 0. The summed E-state index contributed by atoms with van der Waals surface area (Å²) >= 11 is 6.20. The zero-order chi connectivity index (χ0) is 23.7. The van der Waals surface area contributed by atoms with Crippen LogP contribution in [0.2, 0.25) is 5.02 Å². The highest BCUT2D eigenvalue weighted by Gasteiger charge is 2.46. The molecule has 1 N–H and O–H groups in total. The summed E-state index contributed by atoms with van der Waals surface area (Å²) in [5, 5.41) is 2.63. The molecule has 3 aromatic carbocycles. The van der Waals surface area contributed by atoms with Crippen molar-refractivity contribution in [2.45, 2.75) is 13.0 Å². The monoisotopic (exact) mass is 465 g/mol. The molecule has 0 saturated heterocycles. The minimum absolute atomic E-state index is 0.170. The number of ketones is 2. The topological polar surface area (TPSA) is 89.5 Å². The molecule has 0 bridgehead atoms. The highest BCUT2D eigenvalue weighted by atomic mass is 35.5. The van der Waals surface area contributed by atoms with Gasteiger partial charge in [-0.25, -0.2) is 9.18 Å². The predicted octanol–water partition coefficient (Wildman–Crippen LogP) is 4.71. The number of anilines is 1. The molecule has 0 aliphatic carbocycles. The molecule has 0 aromatic heterocycles. The van der Waals surface area contributed by atoms with Crippen LogP contribution in [0.3, 0.4) is 0 Å². The van der Waals surface area contributed by atoms with Gasteiger partial charge in [0, 0.05) is 5.56 Å². The Bertz CT molecular complexity index is 1310. The van der Waals surface area contributed by atoms with E-state index in [-0.39, 0.29) is 21.8 Å². The first-order valence-corrected chi connectivity index (χ1v) is 10.4. The fourth-order valence-corrected chi connectivity index (χ4v) is 3.89. The summed E-state index contributed by atoms with van der Waals surface area (Å²) in [5.41, 5.74) is 0.892. The number of rotatable bonds is 6. The number of halogens is 2. The van der Waals surface area contributed by atoms with E-state index in [1.165, 1.54) is 36.4 Å². The maximum Gasteiger partial charge on any atom is 0.339 e. The largest absolute Gasteiger partial charge is 0.453 e. The van der Waals surface area contributed by atoms with Crippen molar-refractivity contribution in [1.29, 1.82) is 0 Å². The maximum absolute atomic E-state index is 14.4. The Morgan fingerprint density at radius 2 is 1.70 bits per heavy atom. The number of benzene rings is 3. The molecule has 33 heavy (non-hydrogen) atoms. The van der Waals surface area contributed by atoms with Crippen LogP contribution in [0.5, 0.6) is 0 Å². The Morgan fingerprint density at radius 3 is 2.45 bits per heavy atom. The van der Waals surface area contributed by atoms with Crippen molar-refractivity contribution >= 4 is 40.7 Å². The van der Waals surface area contributed by atoms with Gasteiger partial charge in [-0.2, -0.15) is 0 Å². The summed E-state index contributed by atoms with van der Waals surface area (Å²) in [6, 6.07) is 16.2. The number of Topliss-reactive ketones (excluding diaryl/α,β-unsaturated/α-hetero) is 2. The summed E-state index contributed by atoms with van der Waals surface area (Å²) in [5.74, 6) is -6.69. The third-order valence-electron chi connectivity index (χ3n) is 5.39. The Morgan fingerprint density at radius 1 is 1.00 bits per heavy atom. The number of nitrogens with one attached hydrogen (secondary N) is 1. The molecule has 0 radical (unpaired) electrons. The molecular weight excluding hydrogens is 449 g/mol. The van der Waals surface area contributed by atoms with Crippen molar-refractivity contribution < 1.29 is 28.3 Å². The number of hydrogen-bond acceptors (Lipinski definition) is 5. The third-order valence-corrected chi connectivity index (χ3v) is 5.89. The van der Waals surface area contributed by atoms with Gasteiger partial charge in [-0.15, -0.1) is 0 Å². The first kappa shape index (κ1) is 22.4. The molecule has 0 unspecified atom stereocenters. The Kier molecular flexibility index (Phi) is 6.07. The van der Waals surface area contributed by atoms with Crippen LogP contribution in [0.1, 0.15) is 37.9 Å². The van der Waals surface area contributed by atoms with Gasteiger partial charge >= 0.3 is 5.97 Å². The second kappa shape index (κ2) is 8.96. The molecule has 0 spiro atoms. The fraction of sp³-hybridized carbons (Fsp3) is 0.120. The standard InChI is InChI=1S/C25H17ClFNO5/c1-13-7-6-12-18(20(13)26)28-24(31)22(30)19(21(29)16-10-4-5-11-17(16)27)23-14-8-2-3-9-15(14)25(32)33-23/h2-12,19,23H,1H3,(H,28,31)/t19-,23+/m1/s1. The zero-order valence-electron chi connectivity index (χ0n) is 17.3. The number of fused-ring (bicyclic) bond motifs is 1. The third kappa shape index (κ3) is 4.15. The van der Waals surface area contributed by atoms with Gasteiger partial charge in [0.25, 0.3) is 5.91 Å². The van der Waals surface area contributed by atoms with Crippen molar-refractivity contribution in [2.24, 2.45) is 5.92 Å². The number of cyclic esters (lactones) is 1. The van der Waals surface area contributed by atoms with Gasteiger partial charge < -0.3 is 10.1 Å². The number of hydrogen-bond donors (Lipinski definition) is 1. The number of ether oxygens (including phenoxy) is 1. The zero-order valence-corrected chi connectivity index (χ0v) is 18.1. The fourth-order valence-electron chi connectivity index (χ4n) is 3.71. The van der Waals surface area contributed by atoms with Crippen LogP contribution in [0.25, 0.3) is 0 Å². The number of esters is 1. The predicted molar refractivity (Wildman–Crippen MR) is 119 cm³/mol. The summed E-state index contributed by atoms with van der Waals surface area (Å²) < 4.78 is 19.7. The first-order chi connectivity index (χ1) is 15.8. The Hall–Kier alpha value is -3.84. The number of aryl methyl sites for hydroxylation is 1. The average Bonchev–Trinajstić information content (AvgIpc) is 3.13. The van der Waals surface area contributed by atoms with Gasteiger partial charge in [-0.3, -0.25) is 14.4 Å². The van der Waals surface area contributed by atoms with Crippen molar-refractivity contribution in [3.8, 4) is 0 Å². The number of carbonyl (C=O) groups is 4. The molecule has 2 atom stereocenters. The highest BCUT2D eigenvalue weighted by Crippen LogP contribution is 2.38. The molecule has 0 saturated carbocycles. The molecule has 1 aliphatic heterocycles. The normalized spacial score (nSPS) is 15.4. The molecular formula is C25H17ClFNO5. The van der Waals surface area contributed by atoms with E-state index in [0.29, 0.717) is 5.56 Å². The van der Waals surface area contributed by atoms with E-state index < -0.39 is 46.8 Å². The van der Waals surface area contributed by atoms with E-state index >= 15 is 0 Å². The summed E-state index contributed by atoms with van der Waals surface area (Å²) in [4.78, 5) is 51.8. The van der Waals surface area contributed by atoms with Crippen molar-refractivity contribution in [1.82, 2.24) is 0 Å². The van der Waals surface area contributed by atoms with E-state index in [9.17, 15) is 23.6 Å². The van der Waals surface area contributed by atoms with E-state index in [2.05, 4.69) is 5.32 Å². The molecule has 8 heteroatoms. The van der Waals surface area contributed by atoms with Crippen LogP contribution in [0, 0.1) is 18.7 Å². The average molecular weight is 466 g/mol. The van der Waals surface area contributed by atoms with E-state index in [0.717, 1.165) is 6.07 Å². The number of amides is 1. The van der Waals surface area contributed by atoms with E-state index in [1.807, 2.05) is 0 Å². The van der Waals surface area contributed by atoms with Crippen LogP contribution in [0.4, 0.5) is 10.1 Å². The summed E-state index contributed by atoms with van der Waals surface area (Å²) in [6.45, 7) is 1.72. The SMILES string of the molecule is Cc1cccc(NC(=O)C(=O)[C@@H](C(=O)c2ccccc2F)[C@H]2OC(=O)c3ccccc32)c1Cl.